The lowest BCUT2D eigenvalue weighted by Crippen LogP contribution is -2.08. The van der Waals surface area contributed by atoms with Crippen molar-refractivity contribution in [2.24, 2.45) is 0 Å². The number of hydrogen-bond donors (Lipinski definition) is 3. The molecule has 0 radical (unpaired) electrons. The van der Waals surface area contributed by atoms with Gasteiger partial charge in [-0.05, 0) is 30.2 Å². The Morgan fingerprint density at radius 2 is 1.97 bits per heavy atom. The molecule has 0 fully saturated rings. The maximum atomic E-state index is 11.8. The van der Waals surface area contributed by atoms with Gasteiger partial charge in [-0.25, -0.2) is 14.8 Å². The molecule has 0 amide bonds. The number of carboxylic acids is 1. The highest BCUT2D eigenvalue weighted by molar-refractivity contribution is 5.96. The van der Waals surface area contributed by atoms with Crippen molar-refractivity contribution >= 4 is 23.3 Å². The number of anilines is 2. The third kappa shape index (κ3) is 4.82. The van der Waals surface area contributed by atoms with Crippen LogP contribution in [-0.2, 0) is 6.54 Å². The highest BCUT2D eigenvalue weighted by Crippen LogP contribution is 2.26. The number of nitrogens with two attached hydrogens (primary N) is 1. The molecule has 3 aromatic heterocycles. The van der Waals surface area contributed by atoms with E-state index in [-0.39, 0.29) is 17.1 Å². The second-order valence-corrected chi connectivity index (χ2v) is 7.28. The van der Waals surface area contributed by atoms with E-state index in [2.05, 4.69) is 15.3 Å². The normalized spacial score (nSPS) is 10.8. The number of imidazole rings is 1. The third-order valence-corrected chi connectivity index (χ3v) is 5.09. The van der Waals surface area contributed by atoms with E-state index in [4.69, 9.17) is 5.73 Å². The Labute approximate surface area is 188 Å². The van der Waals surface area contributed by atoms with Gasteiger partial charge in [0.25, 0.3) is 0 Å². The Morgan fingerprint density at radius 3 is 2.61 bits per heavy atom. The molecular formula is C22H21N7O4. The average molecular weight is 447 g/mol. The number of pyridine rings is 1. The maximum Gasteiger partial charge on any atom is 0.337 e. The molecule has 0 saturated heterocycles. The van der Waals surface area contributed by atoms with Gasteiger partial charge in [-0.2, -0.15) is 0 Å². The minimum atomic E-state index is -0.994. The quantitative estimate of drug-likeness (QED) is 0.200. The molecule has 0 saturated carbocycles. The van der Waals surface area contributed by atoms with Gasteiger partial charge < -0.3 is 25.3 Å². The molecule has 11 heteroatoms. The summed E-state index contributed by atoms with van der Waals surface area (Å²) in [6.07, 6.45) is 9.33. The number of benzene rings is 1. The Balaban J connectivity index is 1.41. The lowest BCUT2D eigenvalue weighted by atomic mass is 10.0. The predicted octanol–water partition coefficient (Wildman–Crippen LogP) is 3.43. The van der Waals surface area contributed by atoms with Crippen LogP contribution in [0.15, 0.2) is 67.5 Å². The molecule has 4 N–H and O–H groups in total. The molecule has 0 aliphatic heterocycles. The molecule has 4 rings (SSSR count). The number of carbonyl (C=O) groups is 1. The number of hydrogen-bond acceptors (Lipinski definition) is 7. The smallest absolute Gasteiger partial charge is 0.337 e. The number of carboxylic acid groups (broad SMARTS) is 1. The van der Waals surface area contributed by atoms with Gasteiger partial charge in [-0.1, -0.05) is 12.1 Å². The van der Waals surface area contributed by atoms with Crippen LogP contribution in [0.4, 0.5) is 17.3 Å². The highest BCUT2D eigenvalue weighted by Gasteiger charge is 2.16. The highest BCUT2D eigenvalue weighted by atomic mass is 16.6. The van der Waals surface area contributed by atoms with Crippen LogP contribution >= 0.6 is 0 Å². The Morgan fingerprint density at radius 1 is 1.18 bits per heavy atom. The molecular weight excluding hydrogens is 426 g/mol. The number of nitrogen functional groups attached to an aromatic ring is 1. The van der Waals surface area contributed by atoms with Crippen molar-refractivity contribution in [1.82, 2.24) is 19.1 Å². The van der Waals surface area contributed by atoms with Crippen molar-refractivity contribution in [3.8, 4) is 16.8 Å². The summed E-state index contributed by atoms with van der Waals surface area (Å²) in [7, 11) is 0. The molecule has 168 valence electrons. The van der Waals surface area contributed by atoms with E-state index in [9.17, 15) is 20.0 Å². The van der Waals surface area contributed by atoms with Gasteiger partial charge in [0.1, 0.15) is 5.82 Å². The molecule has 0 atom stereocenters. The van der Waals surface area contributed by atoms with Crippen LogP contribution in [0.25, 0.3) is 16.8 Å². The summed E-state index contributed by atoms with van der Waals surface area (Å²) in [6, 6.07) is 10.4. The van der Waals surface area contributed by atoms with Crippen LogP contribution in [-0.4, -0.2) is 41.6 Å². The maximum absolute atomic E-state index is 11.8. The van der Waals surface area contributed by atoms with Gasteiger partial charge >= 0.3 is 11.7 Å². The van der Waals surface area contributed by atoms with Gasteiger partial charge in [0.15, 0.2) is 0 Å². The Bertz CT molecular complexity index is 1280. The monoisotopic (exact) mass is 447 g/mol. The summed E-state index contributed by atoms with van der Waals surface area (Å²) in [6.45, 7) is 1.10. The first kappa shape index (κ1) is 21.6. The molecule has 0 aliphatic carbocycles. The van der Waals surface area contributed by atoms with Gasteiger partial charge in [-0.3, -0.25) is 10.1 Å². The van der Waals surface area contributed by atoms with E-state index in [1.54, 1.807) is 18.7 Å². The third-order valence-electron chi connectivity index (χ3n) is 5.09. The molecule has 0 spiro atoms. The zero-order valence-electron chi connectivity index (χ0n) is 17.5. The minimum absolute atomic E-state index is 0.148. The van der Waals surface area contributed by atoms with E-state index in [0.717, 1.165) is 11.3 Å². The van der Waals surface area contributed by atoms with Crippen molar-refractivity contribution < 1.29 is 14.8 Å². The zero-order chi connectivity index (χ0) is 23.4. The molecule has 3 heterocycles. The molecule has 1 aromatic carbocycles. The summed E-state index contributed by atoms with van der Waals surface area (Å²) in [5.41, 5.74) is 7.96. The van der Waals surface area contributed by atoms with Gasteiger partial charge in [0.2, 0.25) is 5.82 Å². The lowest BCUT2D eigenvalue weighted by Gasteiger charge is -2.07. The van der Waals surface area contributed by atoms with Crippen molar-refractivity contribution in [1.29, 1.82) is 0 Å². The summed E-state index contributed by atoms with van der Waals surface area (Å²) in [5, 5.41) is 23.5. The topological polar surface area (TPSA) is 154 Å². The summed E-state index contributed by atoms with van der Waals surface area (Å²) < 4.78 is 3.70. The molecule has 0 bridgehead atoms. The SMILES string of the molecule is Nc1nc(NCCCn2cc(C(=O)O)c(-c3ccc(-n4ccnc4)cc3)c2)ccc1[N+](=O)[O-]. The number of aryl methyl sites for hydroxylation is 1. The van der Waals surface area contributed by atoms with Crippen molar-refractivity contribution in [3.63, 3.8) is 0 Å². The van der Waals surface area contributed by atoms with Gasteiger partial charge in [0.05, 0.1) is 16.8 Å². The largest absolute Gasteiger partial charge is 0.478 e. The Kier molecular flexibility index (Phi) is 6.02. The second kappa shape index (κ2) is 9.22. The standard InChI is InChI=1S/C22H21N7O4/c23-21-19(29(32)33)6-7-20(26-21)25-8-1-10-27-12-17(18(13-27)22(30)31)15-2-4-16(5-3-15)28-11-9-24-14-28/h2-7,9,11-14H,1,8,10H2,(H,30,31)(H3,23,25,26). The molecule has 33 heavy (non-hydrogen) atoms. The van der Waals surface area contributed by atoms with Crippen LogP contribution in [0.3, 0.4) is 0 Å². The summed E-state index contributed by atoms with van der Waals surface area (Å²) >= 11 is 0. The van der Waals surface area contributed by atoms with E-state index >= 15 is 0 Å². The lowest BCUT2D eigenvalue weighted by molar-refractivity contribution is -0.384. The van der Waals surface area contributed by atoms with E-state index in [0.29, 0.717) is 30.9 Å². The summed E-state index contributed by atoms with van der Waals surface area (Å²) in [5.74, 6) is -0.702. The first-order chi connectivity index (χ1) is 15.9. The zero-order valence-corrected chi connectivity index (χ0v) is 17.5. The first-order valence-corrected chi connectivity index (χ1v) is 10.1. The van der Waals surface area contributed by atoms with Crippen LogP contribution in [0.2, 0.25) is 0 Å². The van der Waals surface area contributed by atoms with E-state index < -0.39 is 10.9 Å². The van der Waals surface area contributed by atoms with Crippen LogP contribution < -0.4 is 11.1 Å². The average Bonchev–Trinajstić information content (AvgIpc) is 3.47. The number of aromatic carboxylic acids is 1. The molecule has 4 aromatic rings. The van der Waals surface area contributed by atoms with Crippen LogP contribution in [0.5, 0.6) is 0 Å². The van der Waals surface area contributed by atoms with Gasteiger partial charge in [-0.15, -0.1) is 0 Å². The van der Waals surface area contributed by atoms with Crippen molar-refractivity contribution in [2.45, 2.75) is 13.0 Å². The second-order valence-electron chi connectivity index (χ2n) is 7.28. The predicted molar refractivity (Wildman–Crippen MR) is 122 cm³/mol. The van der Waals surface area contributed by atoms with Crippen LogP contribution in [0, 0.1) is 10.1 Å². The summed E-state index contributed by atoms with van der Waals surface area (Å²) in [4.78, 5) is 30.0. The number of rotatable bonds is 9. The number of aromatic nitrogens is 4. The van der Waals surface area contributed by atoms with Gasteiger partial charge in [0, 0.05) is 55.2 Å². The van der Waals surface area contributed by atoms with Crippen molar-refractivity contribution in [2.75, 3.05) is 17.6 Å². The van der Waals surface area contributed by atoms with Crippen LogP contribution in [0.1, 0.15) is 16.8 Å². The fourth-order valence-corrected chi connectivity index (χ4v) is 3.46. The van der Waals surface area contributed by atoms with Crippen molar-refractivity contribution in [3.05, 3.63) is 83.2 Å². The number of nitro groups is 1. The fraction of sp³-hybridized carbons (Fsp3) is 0.136. The molecule has 0 aliphatic rings. The first-order valence-electron chi connectivity index (χ1n) is 10.1. The molecule has 11 nitrogen and oxygen atoms in total. The van der Waals surface area contributed by atoms with E-state index in [1.165, 1.54) is 12.1 Å². The van der Waals surface area contributed by atoms with E-state index in [1.807, 2.05) is 45.8 Å². The minimum Gasteiger partial charge on any atom is -0.478 e. The number of nitrogens with one attached hydrogen (secondary N) is 1. The number of nitrogens with zero attached hydrogens (tertiary/aromatic N) is 5. The fourth-order valence-electron chi connectivity index (χ4n) is 3.46. The molecule has 0 unspecified atom stereocenters. The Hall–Kier alpha value is -4.67.